The van der Waals surface area contributed by atoms with Gasteiger partial charge in [-0.3, -0.25) is 4.79 Å². The number of morpholine rings is 1. The normalized spacial score (nSPS) is 25.7. The summed E-state index contributed by atoms with van der Waals surface area (Å²) in [4.78, 5) is 19.1. The number of hydrazone groups is 1. The summed E-state index contributed by atoms with van der Waals surface area (Å²) < 4.78 is 5.37. The zero-order chi connectivity index (χ0) is 18.5. The number of carbonyl (C=O) groups is 1. The van der Waals surface area contributed by atoms with E-state index in [1.54, 1.807) is 11.3 Å². The maximum atomic E-state index is 12.3. The van der Waals surface area contributed by atoms with Gasteiger partial charge in [0.2, 0.25) is 5.91 Å². The van der Waals surface area contributed by atoms with E-state index >= 15 is 0 Å². The Balaban J connectivity index is 1.55. The zero-order valence-electron chi connectivity index (χ0n) is 16.0. The van der Waals surface area contributed by atoms with Gasteiger partial charge in [0.1, 0.15) is 0 Å². The molecule has 2 fully saturated rings. The molecule has 1 saturated carbocycles. The van der Waals surface area contributed by atoms with Crippen molar-refractivity contribution in [1.82, 2.24) is 10.4 Å². The fraction of sp³-hybridized carbons (Fsp3) is 0.737. The van der Waals surface area contributed by atoms with Gasteiger partial charge < -0.3 is 9.64 Å². The quantitative estimate of drug-likeness (QED) is 0.800. The molecule has 0 bridgehead atoms. The number of carbonyl (C=O) groups excluding carboxylic acids is 1. The number of nitrogens with zero attached hydrogens (tertiary/aromatic N) is 3. The van der Waals surface area contributed by atoms with Crippen LogP contribution in [0.1, 0.15) is 45.7 Å². The van der Waals surface area contributed by atoms with Crippen molar-refractivity contribution < 1.29 is 9.53 Å². The number of rotatable bonds is 5. The summed E-state index contributed by atoms with van der Waals surface area (Å²) in [6.07, 6.45) is 3.68. The highest BCUT2D eigenvalue weighted by Crippen LogP contribution is 2.31. The second-order valence-electron chi connectivity index (χ2n) is 7.77. The maximum absolute atomic E-state index is 12.3. The Morgan fingerprint density at radius 3 is 2.92 bits per heavy atom. The molecule has 1 aliphatic carbocycles. The first-order chi connectivity index (χ1) is 12.5. The summed E-state index contributed by atoms with van der Waals surface area (Å²) in [7, 11) is 0. The second kappa shape index (κ2) is 8.95. The summed E-state index contributed by atoms with van der Waals surface area (Å²) in [6, 6.07) is 0. The monoisotopic (exact) mass is 378 g/mol. The highest BCUT2D eigenvalue weighted by atomic mass is 32.1. The molecule has 1 aromatic heterocycles. The molecule has 1 saturated heterocycles. The van der Waals surface area contributed by atoms with Gasteiger partial charge in [-0.1, -0.05) is 20.8 Å². The van der Waals surface area contributed by atoms with E-state index in [4.69, 9.17) is 4.74 Å². The average molecular weight is 379 g/mol. The SMILES string of the molecule is CC(C)[C@H]1CC[C@@H](C)CC1=NNC(=O)Cc1csc(N2CCOCC2)n1. The van der Waals surface area contributed by atoms with Gasteiger partial charge >= 0.3 is 0 Å². The molecule has 2 heterocycles. The van der Waals surface area contributed by atoms with Crippen molar-refractivity contribution in [3.8, 4) is 0 Å². The molecule has 0 spiro atoms. The Hall–Kier alpha value is -1.47. The summed E-state index contributed by atoms with van der Waals surface area (Å²) in [5, 5.41) is 7.44. The molecule has 1 amide bonds. The van der Waals surface area contributed by atoms with Crippen molar-refractivity contribution in [3.63, 3.8) is 0 Å². The number of hydrogen-bond acceptors (Lipinski definition) is 6. The average Bonchev–Trinajstić information content (AvgIpc) is 3.09. The first-order valence-corrected chi connectivity index (χ1v) is 10.5. The van der Waals surface area contributed by atoms with Crippen LogP contribution in [0.4, 0.5) is 5.13 Å². The molecule has 2 atom stereocenters. The van der Waals surface area contributed by atoms with Crippen LogP contribution in [0.15, 0.2) is 10.5 Å². The summed E-state index contributed by atoms with van der Waals surface area (Å²) >= 11 is 1.59. The van der Waals surface area contributed by atoms with Gasteiger partial charge in [-0.05, 0) is 31.1 Å². The third kappa shape index (κ3) is 5.04. The third-order valence-electron chi connectivity index (χ3n) is 5.25. The molecule has 7 heteroatoms. The zero-order valence-corrected chi connectivity index (χ0v) is 16.8. The number of ether oxygens (including phenoxy) is 1. The van der Waals surface area contributed by atoms with E-state index in [9.17, 15) is 4.79 Å². The lowest BCUT2D eigenvalue weighted by Crippen LogP contribution is -2.36. The Morgan fingerprint density at radius 2 is 2.19 bits per heavy atom. The molecule has 1 N–H and O–H groups in total. The lowest BCUT2D eigenvalue weighted by molar-refractivity contribution is -0.120. The topological polar surface area (TPSA) is 66.8 Å². The van der Waals surface area contributed by atoms with E-state index < -0.39 is 0 Å². The van der Waals surface area contributed by atoms with Gasteiger partial charge in [-0.2, -0.15) is 5.10 Å². The first kappa shape index (κ1) is 19.3. The van der Waals surface area contributed by atoms with E-state index in [2.05, 4.69) is 41.2 Å². The van der Waals surface area contributed by atoms with E-state index in [-0.39, 0.29) is 12.3 Å². The van der Waals surface area contributed by atoms with Crippen molar-refractivity contribution in [2.75, 3.05) is 31.2 Å². The molecule has 144 valence electrons. The van der Waals surface area contributed by atoms with E-state index in [1.807, 2.05) is 5.38 Å². The Labute approximate surface area is 160 Å². The number of nitrogens with one attached hydrogen (secondary N) is 1. The summed E-state index contributed by atoms with van der Waals surface area (Å²) in [5.74, 6) is 1.61. The van der Waals surface area contributed by atoms with Crippen molar-refractivity contribution in [2.45, 2.75) is 46.5 Å². The summed E-state index contributed by atoms with van der Waals surface area (Å²) in [5.41, 5.74) is 4.74. The van der Waals surface area contributed by atoms with Crippen LogP contribution in [0.25, 0.3) is 0 Å². The van der Waals surface area contributed by atoms with Crippen LogP contribution >= 0.6 is 11.3 Å². The number of aromatic nitrogens is 1. The predicted molar refractivity (Wildman–Crippen MR) is 106 cm³/mol. The molecule has 1 aromatic rings. The fourth-order valence-corrected chi connectivity index (χ4v) is 4.58. The number of anilines is 1. The summed E-state index contributed by atoms with van der Waals surface area (Å²) in [6.45, 7) is 9.94. The molecule has 1 aliphatic heterocycles. The Morgan fingerprint density at radius 1 is 1.42 bits per heavy atom. The van der Waals surface area contributed by atoms with Gasteiger partial charge in [-0.15, -0.1) is 11.3 Å². The minimum atomic E-state index is -0.0861. The Bertz CT molecular complexity index is 637. The third-order valence-corrected chi connectivity index (χ3v) is 6.20. The van der Waals surface area contributed by atoms with Gasteiger partial charge in [0.25, 0.3) is 0 Å². The first-order valence-electron chi connectivity index (χ1n) is 9.65. The largest absolute Gasteiger partial charge is 0.378 e. The van der Waals surface area contributed by atoms with Crippen LogP contribution in [-0.2, 0) is 16.0 Å². The molecule has 0 radical (unpaired) electrons. The fourth-order valence-electron chi connectivity index (χ4n) is 3.70. The molecular weight excluding hydrogens is 348 g/mol. The highest BCUT2D eigenvalue weighted by Gasteiger charge is 2.27. The van der Waals surface area contributed by atoms with Crippen molar-refractivity contribution in [1.29, 1.82) is 0 Å². The van der Waals surface area contributed by atoms with Crippen molar-refractivity contribution in [2.24, 2.45) is 22.9 Å². The number of thiazole rings is 1. The smallest absolute Gasteiger partial charge is 0.246 e. The van der Waals surface area contributed by atoms with E-state index in [1.165, 1.54) is 12.8 Å². The van der Waals surface area contributed by atoms with E-state index in [0.29, 0.717) is 17.8 Å². The molecule has 26 heavy (non-hydrogen) atoms. The minimum absolute atomic E-state index is 0.0861. The maximum Gasteiger partial charge on any atom is 0.246 e. The van der Waals surface area contributed by atoms with Crippen molar-refractivity contribution in [3.05, 3.63) is 11.1 Å². The van der Waals surface area contributed by atoms with Crippen LogP contribution in [0, 0.1) is 17.8 Å². The standard InChI is InChI=1S/C19H30N4O2S/c1-13(2)16-5-4-14(3)10-17(16)21-22-18(24)11-15-12-26-19(20-15)23-6-8-25-9-7-23/h12-14,16H,4-11H2,1-3H3,(H,22,24)/t14-,16-/m1/s1. The predicted octanol–water partition coefficient (Wildman–Crippen LogP) is 3.09. The van der Waals surface area contributed by atoms with Crippen LogP contribution in [0.3, 0.4) is 0 Å². The van der Waals surface area contributed by atoms with Crippen LogP contribution in [0.2, 0.25) is 0 Å². The number of hydrogen-bond donors (Lipinski definition) is 1. The van der Waals surface area contributed by atoms with Gasteiger partial charge in [0, 0.05) is 30.1 Å². The van der Waals surface area contributed by atoms with Gasteiger partial charge in [0.05, 0.1) is 25.3 Å². The van der Waals surface area contributed by atoms with Gasteiger partial charge in [-0.25, -0.2) is 10.4 Å². The molecule has 0 unspecified atom stereocenters. The Kier molecular flexibility index (Phi) is 6.64. The second-order valence-corrected chi connectivity index (χ2v) is 8.61. The van der Waals surface area contributed by atoms with Crippen molar-refractivity contribution >= 4 is 28.1 Å². The van der Waals surface area contributed by atoms with Gasteiger partial charge in [0.15, 0.2) is 5.13 Å². The molecule has 0 aromatic carbocycles. The van der Waals surface area contributed by atoms with Crippen LogP contribution in [0.5, 0.6) is 0 Å². The lowest BCUT2D eigenvalue weighted by atomic mass is 9.76. The van der Waals surface area contributed by atoms with E-state index in [0.717, 1.165) is 49.3 Å². The molecular formula is C19H30N4O2S. The van der Waals surface area contributed by atoms with Crippen LogP contribution < -0.4 is 10.3 Å². The molecule has 3 rings (SSSR count). The number of amides is 1. The molecule has 6 nitrogen and oxygen atoms in total. The van der Waals surface area contributed by atoms with Crippen LogP contribution in [-0.4, -0.2) is 42.9 Å². The highest BCUT2D eigenvalue weighted by molar-refractivity contribution is 7.13. The minimum Gasteiger partial charge on any atom is -0.378 e. The molecule has 2 aliphatic rings. The lowest BCUT2D eigenvalue weighted by Gasteiger charge is -2.30.